The lowest BCUT2D eigenvalue weighted by molar-refractivity contribution is 0.0518. The molecule has 1 aromatic rings. The van der Waals surface area contributed by atoms with Gasteiger partial charge in [-0.2, -0.15) is 5.26 Å². The molecule has 0 aliphatic carbocycles. The Bertz CT molecular complexity index is 501. The van der Waals surface area contributed by atoms with E-state index in [9.17, 15) is 13.6 Å². The summed E-state index contributed by atoms with van der Waals surface area (Å²) in [4.78, 5) is 15.2. The quantitative estimate of drug-likeness (QED) is 0.632. The predicted octanol–water partition coefficient (Wildman–Crippen LogP) is 2.96. The van der Waals surface area contributed by atoms with Crippen molar-refractivity contribution in [3.63, 3.8) is 0 Å². The van der Waals surface area contributed by atoms with Gasteiger partial charge in [0.05, 0.1) is 6.61 Å². The van der Waals surface area contributed by atoms with Crippen molar-refractivity contribution in [2.45, 2.75) is 18.7 Å². The van der Waals surface area contributed by atoms with Crippen molar-refractivity contribution in [3.8, 4) is 6.07 Å². The van der Waals surface area contributed by atoms with Gasteiger partial charge in [-0.25, -0.2) is 18.6 Å². The lowest BCUT2D eigenvalue weighted by atomic mass is 10.1. The Labute approximate surface area is 111 Å². The zero-order chi connectivity index (χ0) is 13.7. The summed E-state index contributed by atoms with van der Waals surface area (Å²) in [6.45, 7) is 1.69. The SMILES string of the molecule is CCOC(=O)c1cc(C(F)F)c(CBr)c(C#N)n1. The fourth-order valence-corrected chi connectivity index (χ4v) is 1.92. The number of carbonyl (C=O) groups excluding carboxylic acids is 1. The van der Waals surface area contributed by atoms with Crippen LogP contribution in [0.3, 0.4) is 0 Å². The fourth-order valence-electron chi connectivity index (χ4n) is 1.33. The standard InChI is InChI=1S/C11H9BrF2N2O2/c1-2-18-11(17)8-3-6(10(13)14)7(4-12)9(5-15)16-8/h3,10H,2,4H2,1H3. The van der Waals surface area contributed by atoms with Crippen molar-refractivity contribution >= 4 is 21.9 Å². The monoisotopic (exact) mass is 318 g/mol. The molecule has 7 heteroatoms. The molecule has 0 saturated carbocycles. The first kappa shape index (κ1) is 14.5. The van der Waals surface area contributed by atoms with Gasteiger partial charge < -0.3 is 4.74 Å². The molecule has 0 amide bonds. The van der Waals surface area contributed by atoms with Crippen LogP contribution in [-0.4, -0.2) is 17.6 Å². The molecule has 0 aliphatic rings. The number of pyridine rings is 1. The molecular formula is C11H9BrF2N2O2. The van der Waals surface area contributed by atoms with E-state index in [1.54, 1.807) is 13.0 Å². The lowest BCUT2D eigenvalue weighted by Gasteiger charge is -2.10. The molecule has 0 aromatic carbocycles. The second-order valence-corrected chi connectivity index (χ2v) is 3.75. The molecule has 0 atom stereocenters. The Morgan fingerprint density at radius 1 is 1.67 bits per heavy atom. The Morgan fingerprint density at radius 3 is 2.78 bits per heavy atom. The highest BCUT2D eigenvalue weighted by Crippen LogP contribution is 2.27. The van der Waals surface area contributed by atoms with Crippen LogP contribution < -0.4 is 0 Å². The van der Waals surface area contributed by atoms with E-state index in [0.717, 1.165) is 6.07 Å². The molecule has 0 aliphatic heterocycles. The van der Waals surface area contributed by atoms with E-state index >= 15 is 0 Å². The summed E-state index contributed by atoms with van der Waals surface area (Å²) >= 11 is 3.02. The van der Waals surface area contributed by atoms with Crippen LogP contribution in [0.2, 0.25) is 0 Å². The molecule has 1 heterocycles. The minimum absolute atomic E-state index is 0.0612. The first-order valence-electron chi connectivity index (χ1n) is 5.00. The highest BCUT2D eigenvalue weighted by atomic mass is 79.9. The predicted molar refractivity (Wildman–Crippen MR) is 62.5 cm³/mol. The van der Waals surface area contributed by atoms with E-state index in [-0.39, 0.29) is 34.5 Å². The molecule has 0 saturated heterocycles. The van der Waals surface area contributed by atoms with Gasteiger partial charge in [0.15, 0.2) is 0 Å². The molecule has 0 spiro atoms. The Balaban J connectivity index is 3.37. The maximum absolute atomic E-state index is 12.8. The number of hydrogen-bond donors (Lipinski definition) is 0. The van der Waals surface area contributed by atoms with Gasteiger partial charge in [0, 0.05) is 16.5 Å². The summed E-state index contributed by atoms with van der Waals surface area (Å²) < 4.78 is 30.4. The highest BCUT2D eigenvalue weighted by molar-refractivity contribution is 9.08. The second kappa shape index (κ2) is 6.40. The van der Waals surface area contributed by atoms with Crippen LogP contribution in [0.4, 0.5) is 8.78 Å². The van der Waals surface area contributed by atoms with Crippen LogP contribution in [0.25, 0.3) is 0 Å². The normalized spacial score (nSPS) is 10.2. The van der Waals surface area contributed by atoms with Crippen LogP contribution in [0.15, 0.2) is 6.07 Å². The lowest BCUT2D eigenvalue weighted by Crippen LogP contribution is -2.11. The maximum atomic E-state index is 12.8. The van der Waals surface area contributed by atoms with Crippen LogP contribution in [0.1, 0.15) is 40.7 Å². The fraction of sp³-hybridized carbons (Fsp3) is 0.364. The first-order valence-corrected chi connectivity index (χ1v) is 6.12. The number of nitriles is 1. The topological polar surface area (TPSA) is 63.0 Å². The van der Waals surface area contributed by atoms with Gasteiger partial charge in [0.25, 0.3) is 6.43 Å². The summed E-state index contributed by atoms with van der Waals surface area (Å²) in [6, 6.07) is 2.66. The number of carbonyl (C=O) groups is 1. The number of esters is 1. The maximum Gasteiger partial charge on any atom is 0.356 e. The van der Waals surface area contributed by atoms with Crippen molar-refractivity contribution in [2.24, 2.45) is 0 Å². The third-order valence-electron chi connectivity index (χ3n) is 2.12. The summed E-state index contributed by atoms with van der Waals surface area (Å²) in [5, 5.41) is 8.92. The van der Waals surface area contributed by atoms with Gasteiger partial charge in [-0.1, -0.05) is 15.9 Å². The molecule has 0 fully saturated rings. The van der Waals surface area contributed by atoms with Crippen molar-refractivity contribution in [1.29, 1.82) is 5.26 Å². The van der Waals surface area contributed by atoms with Gasteiger partial charge in [-0.05, 0) is 13.0 Å². The number of halogens is 3. The minimum atomic E-state index is -2.79. The van der Waals surface area contributed by atoms with Gasteiger partial charge in [0.2, 0.25) is 0 Å². The van der Waals surface area contributed by atoms with Gasteiger partial charge in [0.1, 0.15) is 17.5 Å². The largest absolute Gasteiger partial charge is 0.461 e. The molecule has 96 valence electrons. The van der Waals surface area contributed by atoms with E-state index in [1.165, 1.54) is 0 Å². The van der Waals surface area contributed by atoms with E-state index in [2.05, 4.69) is 25.7 Å². The van der Waals surface area contributed by atoms with Crippen molar-refractivity contribution in [1.82, 2.24) is 4.98 Å². The third-order valence-corrected chi connectivity index (χ3v) is 2.68. The number of nitrogens with zero attached hydrogens (tertiary/aromatic N) is 2. The van der Waals surface area contributed by atoms with E-state index < -0.39 is 12.4 Å². The van der Waals surface area contributed by atoms with Gasteiger partial charge >= 0.3 is 5.97 Å². The first-order chi connectivity index (χ1) is 8.54. The van der Waals surface area contributed by atoms with Crippen LogP contribution in [-0.2, 0) is 10.1 Å². The summed E-state index contributed by atoms with van der Waals surface area (Å²) in [5.41, 5.74) is -0.789. The molecule has 4 nitrogen and oxygen atoms in total. The molecule has 0 N–H and O–H groups in total. The molecule has 0 unspecified atom stereocenters. The molecule has 18 heavy (non-hydrogen) atoms. The number of alkyl halides is 3. The Morgan fingerprint density at radius 2 is 2.33 bits per heavy atom. The van der Waals surface area contributed by atoms with Crippen LogP contribution in [0, 0.1) is 11.3 Å². The number of hydrogen-bond acceptors (Lipinski definition) is 4. The van der Waals surface area contributed by atoms with Crippen molar-refractivity contribution in [3.05, 3.63) is 28.6 Å². The average molecular weight is 319 g/mol. The van der Waals surface area contributed by atoms with E-state index in [1.807, 2.05) is 0 Å². The van der Waals surface area contributed by atoms with E-state index in [4.69, 9.17) is 5.26 Å². The molecule has 1 rings (SSSR count). The second-order valence-electron chi connectivity index (χ2n) is 3.19. The minimum Gasteiger partial charge on any atom is -0.461 e. The zero-order valence-corrected chi connectivity index (χ0v) is 11.0. The number of ether oxygens (including phenoxy) is 1. The summed E-state index contributed by atoms with van der Waals surface area (Å²) in [5.74, 6) is -0.822. The van der Waals surface area contributed by atoms with Crippen LogP contribution >= 0.6 is 15.9 Å². The smallest absolute Gasteiger partial charge is 0.356 e. The van der Waals surface area contributed by atoms with Crippen LogP contribution in [0.5, 0.6) is 0 Å². The molecule has 1 aromatic heterocycles. The Kier molecular flexibility index (Phi) is 5.16. The number of aromatic nitrogens is 1. The zero-order valence-electron chi connectivity index (χ0n) is 9.41. The van der Waals surface area contributed by atoms with Gasteiger partial charge in [-0.3, -0.25) is 0 Å². The highest BCUT2D eigenvalue weighted by Gasteiger charge is 2.21. The number of rotatable bonds is 4. The third kappa shape index (κ3) is 3.01. The van der Waals surface area contributed by atoms with Gasteiger partial charge in [-0.15, -0.1) is 0 Å². The van der Waals surface area contributed by atoms with Crippen molar-refractivity contribution in [2.75, 3.05) is 6.61 Å². The molecule has 0 bridgehead atoms. The average Bonchev–Trinajstić information content (AvgIpc) is 2.37. The van der Waals surface area contributed by atoms with E-state index in [0.29, 0.717) is 0 Å². The molecule has 0 radical (unpaired) electrons. The Hall–Kier alpha value is -1.55. The van der Waals surface area contributed by atoms with Crippen molar-refractivity contribution < 1.29 is 18.3 Å². The molecular weight excluding hydrogens is 310 g/mol. The summed E-state index contributed by atoms with van der Waals surface area (Å²) in [6.07, 6.45) is -2.79. The summed E-state index contributed by atoms with van der Waals surface area (Å²) in [7, 11) is 0.